The van der Waals surface area contributed by atoms with E-state index in [4.69, 9.17) is 5.73 Å². The lowest BCUT2D eigenvalue weighted by atomic mass is 10.3. The minimum absolute atomic E-state index is 0.339. The van der Waals surface area contributed by atoms with Crippen LogP contribution < -0.4 is 5.73 Å². The second-order valence-electron chi connectivity index (χ2n) is 2.58. The van der Waals surface area contributed by atoms with Gasteiger partial charge in [-0.25, -0.2) is 9.37 Å². The fraction of sp³-hybridized carbons (Fsp3) is 0.125. The van der Waals surface area contributed by atoms with E-state index in [-0.39, 0.29) is 5.82 Å². The molecule has 0 atom stereocenters. The molecule has 0 fully saturated rings. The van der Waals surface area contributed by atoms with Crippen molar-refractivity contribution < 1.29 is 4.39 Å². The number of thiazole rings is 1. The molecule has 0 aliphatic heterocycles. The van der Waals surface area contributed by atoms with E-state index in [1.54, 1.807) is 6.07 Å². The van der Waals surface area contributed by atoms with Crippen LogP contribution in [0.25, 0.3) is 10.2 Å². The molecule has 0 unspecified atom stereocenters. The van der Waals surface area contributed by atoms with E-state index in [9.17, 15) is 4.39 Å². The van der Waals surface area contributed by atoms with Crippen LogP contribution in [0.15, 0.2) is 12.1 Å². The molecule has 4 heteroatoms. The molecular weight excluding hydrogens is 175 g/mol. The zero-order chi connectivity index (χ0) is 8.72. The number of hydrogen-bond acceptors (Lipinski definition) is 3. The number of nitrogens with two attached hydrogens (primary N) is 1. The summed E-state index contributed by atoms with van der Waals surface area (Å²) in [6.07, 6.45) is 0. The average molecular weight is 182 g/mol. The van der Waals surface area contributed by atoms with Gasteiger partial charge in [0, 0.05) is 5.69 Å². The Morgan fingerprint density at radius 2 is 2.25 bits per heavy atom. The Morgan fingerprint density at radius 3 is 3.00 bits per heavy atom. The highest BCUT2D eigenvalue weighted by Gasteiger charge is 2.06. The van der Waals surface area contributed by atoms with E-state index in [0.717, 1.165) is 9.71 Å². The Hall–Kier alpha value is -1.16. The minimum atomic E-state index is -0.339. The van der Waals surface area contributed by atoms with Gasteiger partial charge in [0.15, 0.2) is 5.82 Å². The standard InChI is InChI=1S/C8H7FN2S/c1-4-11-8-6(9)2-5(10)3-7(8)12-4/h2-3H,10H2,1H3. The molecule has 0 radical (unpaired) electrons. The number of halogens is 1. The van der Waals surface area contributed by atoms with E-state index in [0.29, 0.717) is 11.2 Å². The SMILES string of the molecule is Cc1nc2c(F)cc(N)cc2s1. The third-order valence-electron chi connectivity index (χ3n) is 1.58. The van der Waals surface area contributed by atoms with Crippen molar-refractivity contribution in [2.75, 3.05) is 5.73 Å². The number of fused-ring (bicyclic) bond motifs is 1. The number of nitrogens with zero attached hydrogens (tertiary/aromatic N) is 1. The Labute approximate surface area is 72.8 Å². The van der Waals surface area contributed by atoms with Gasteiger partial charge in [-0.3, -0.25) is 0 Å². The van der Waals surface area contributed by atoms with Gasteiger partial charge in [0.25, 0.3) is 0 Å². The van der Waals surface area contributed by atoms with Crippen LogP contribution in [0, 0.1) is 12.7 Å². The van der Waals surface area contributed by atoms with Crippen LogP contribution in [-0.2, 0) is 0 Å². The third kappa shape index (κ3) is 1.04. The molecule has 0 saturated heterocycles. The van der Waals surface area contributed by atoms with Crippen molar-refractivity contribution in [3.8, 4) is 0 Å². The van der Waals surface area contributed by atoms with Gasteiger partial charge in [-0.1, -0.05) is 0 Å². The van der Waals surface area contributed by atoms with E-state index in [2.05, 4.69) is 4.98 Å². The predicted molar refractivity (Wildman–Crippen MR) is 48.7 cm³/mol. The molecule has 2 aromatic rings. The van der Waals surface area contributed by atoms with Crippen LogP contribution in [0.4, 0.5) is 10.1 Å². The Balaban J connectivity index is 2.88. The van der Waals surface area contributed by atoms with Crippen LogP contribution in [0.1, 0.15) is 5.01 Å². The van der Waals surface area contributed by atoms with E-state index >= 15 is 0 Å². The molecule has 0 bridgehead atoms. The molecule has 0 spiro atoms. The summed E-state index contributed by atoms with van der Waals surface area (Å²) < 4.78 is 13.9. The van der Waals surface area contributed by atoms with Crippen molar-refractivity contribution >= 4 is 27.2 Å². The number of aromatic nitrogens is 1. The molecule has 1 aromatic heterocycles. The summed E-state index contributed by atoms with van der Waals surface area (Å²) in [4.78, 5) is 4.04. The smallest absolute Gasteiger partial charge is 0.152 e. The first kappa shape index (κ1) is 7.49. The molecule has 0 amide bonds. The van der Waals surface area contributed by atoms with Gasteiger partial charge in [0.2, 0.25) is 0 Å². The maximum atomic E-state index is 13.1. The quantitative estimate of drug-likeness (QED) is 0.635. The number of anilines is 1. The molecule has 2 rings (SSSR count). The maximum absolute atomic E-state index is 13.1. The van der Waals surface area contributed by atoms with E-state index < -0.39 is 0 Å². The van der Waals surface area contributed by atoms with Crippen molar-refractivity contribution in [2.45, 2.75) is 6.92 Å². The Kier molecular flexibility index (Phi) is 1.51. The number of benzene rings is 1. The molecule has 62 valence electrons. The first-order chi connectivity index (χ1) is 5.66. The summed E-state index contributed by atoms with van der Waals surface area (Å²) in [6, 6.07) is 3.03. The lowest BCUT2D eigenvalue weighted by Gasteiger charge is -1.92. The second kappa shape index (κ2) is 2.42. The van der Waals surface area contributed by atoms with Crippen molar-refractivity contribution in [3.63, 3.8) is 0 Å². The number of aryl methyl sites for hydroxylation is 1. The second-order valence-corrected chi connectivity index (χ2v) is 3.82. The summed E-state index contributed by atoms with van der Waals surface area (Å²) in [5.41, 5.74) is 6.34. The zero-order valence-electron chi connectivity index (χ0n) is 6.47. The fourth-order valence-corrected chi connectivity index (χ4v) is 2.01. The van der Waals surface area contributed by atoms with Gasteiger partial charge in [-0.05, 0) is 19.1 Å². The molecule has 0 aliphatic rings. The molecule has 2 nitrogen and oxygen atoms in total. The van der Waals surface area contributed by atoms with Gasteiger partial charge in [0.05, 0.1) is 9.71 Å². The van der Waals surface area contributed by atoms with Crippen LogP contribution >= 0.6 is 11.3 Å². The molecule has 2 N–H and O–H groups in total. The van der Waals surface area contributed by atoms with Gasteiger partial charge in [-0.2, -0.15) is 0 Å². The van der Waals surface area contributed by atoms with Crippen LogP contribution in [0.5, 0.6) is 0 Å². The van der Waals surface area contributed by atoms with Gasteiger partial charge in [-0.15, -0.1) is 11.3 Å². The first-order valence-electron chi connectivity index (χ1n) is 3.49. The molecule has 1 heterocycles. The summed E-state index contributed by atoms with van der Waals surface area (Å²) in [5.74, 6) is -0.339. The highest BCUT2D eigenvalue weighted by Crippen LogP contribution is 2.25. The topological polar surface area (TPSA) is 38.9 Å². The number of rotatable bonds is 0. The Bertz CT molecular complexity index is 436. The normalized spacial score (nSPS) is 10.8. The fourth-order valence-electron chi connectivity index (χ4n) is 1.12. The van der Waals surface area contributed by atoms with Crippen molar-refractivity contribution in [2.24, 2.45) is 0 Å². The molecule has 0 saturated carbocycles. The third-order valence-corrected chi connectivity index (χ3v) is 2.50. The highest BCUT2D eigenvalue weighted by molar-refractivity contribution is 7.18. The number of hydrogen-bond donors (Lipinski definition) is 1. The predicted octanol–water partition coefficient (Wildman–Crippen LogP) is 2.33. The summed E-state index contributed by atoms with van der Waals surface area (Å²) in [7, 11) is 0. The zero-order valence-corrected chi connectivity index (χ0v) is 7.28. The van der Waals surface area contributed by atoms with Crippen LogP contribution in [0.3, 0.4) is 0 Å². The van der Waals surface area contributed by atoms with Gasteiger partial charge >= 0.3 is 0 Å². The molecule has 12 heavy (non-hydrogen) atoms. The van der Waals surface area contributed by atoms with Crippen LogP contribution in [0.2, 0.25) is 0 Å². The summed E-state index contributed by atoms with van der Waals surface area (Å²) in [6.45, 7) is 1.85. The molecule has 1 aromatic carbocycles. The summed E-state index contributed by atoms with van der Waals surface area (Å²) in [5, 5.41) is 0.856. The van der Waals surface area contributed by atoms with Gasteiger partial charge in [0.1, 0.15) is 5.52 Å². The first-order valence-corrected chi connectivity index (χ1v) is 4.30. The van der Waals surface area contributed by atoms with Crippen molar-refractivity contribution in [1.82, 2.24) is 4.98 Å². The number of nitrogen functional groups attached to an aromatic ring is 1. The monoisotopic (exact) mass is 182 g/mol. The molecular formula is C8H7FN2S. The van der Waals surface area contributed by atoms with E-state index in [1.165, 1.54) is 17.4 Å². The lowest BCUT2D eigenvalue weighted by Crippen LogP contribution is -1.86. The maximum Gasteiger partial charge on any atom is 0.152 e. The lowest BCUT2D eigenvalue weighted by molar-refractivity contribution is 0.638. The van der Waals surface area contributed by atoms with E-state index in [1.807, 2.05) is 6.92 Å². The van der Waals surface area contributed by atoms with Crippen molar-refractivity contribution in [3.05, 3.63) is 23.0 Å². The highest BCUT2D eigenvalue weighted by atomic mass is 32.1. The van der Waals surface area contributed by atoms with Crippen molar-refractivity contribution in [1.29, 1.82) is 0 Å². The van der Waals surface area contributed by atoms with Gasteiger partial charge < -0.3 is 5.73 Å². The largest absolute Gasteiger partial charge is 0.399 e. The minimum Gasteiger partial charge on any atom is -0.399 e. The van der Waals surface area contributed by atoms with Crippen LogP contribution in [-0.4, -0.2) is 4.98 Å². The molecule has 0 aliphatic carbocycles. The Morgan fingerprint density at radius 1 is 1.50 bits per heavy atom. The summed E-state index contributed by atoms with van der Waals surface area (Å²) >= 11 is 1.45. The average Bonchev–Trinajstić information content (AvgIpc) is 2.29.